The Bertz CT molecular complexity index is 1170. The molecule has 184 valence electrons. The number of carbonyl (C=O) groups is 1. The summed E-state index contributed by atoms with van der Waals surface area (Å²) in [5.41, 5.74) is 4.96. The number of aryl methyl sites for hydroxylation is 1. The van der Waals surface area contributed by atoms with E-state index in [9.17, 15) is 4.79 Å². The Hall–Kier alpha value is -2.71. The molecule has 2 saturated heterocycles. The fourth-order valence-electron chi connectivity index (χ4n) is 4.47. The molecular formula is C28H34N4O2S. The fraction of sp³-hybridized carbons (Fsp3) is 0.393. The lowest BCUT2D eigenvalue weighted by atomic mass is 10.0. The minimum Gasteiger partial charge on any atom is -0.380 e. The quantitative estimate of drug-likeness (QED) is 0.356. The van der Waals surface area contributed by atoms with Crippen LogP contribution in [0.4, 0.5) is 5.69 Å². The molecule has 1 aromatic heterocycles. The molecule has 3 heterocycles. The van der Waals surface area contributed by atoms with Crippen LogP contribution in [-0.4, -0.2) is 44.3 Å². The summed E-state index contributed by atoms with van der Waals surface area (Å²) in [6, 6.07) is 19.7. The molecule has 35 heavy (non-hydrogen) atoms. The average molecular weight is 491 g/mol. The Labute approximate surface area is 211 Å². The lowest BCUT2D eigenvalue weighted by Crippen LogP contribution is -2.51. The number of ether oxygens (including phenoxy) is 1. The van der Waals surface area contributed by atoms with E-state index in [1.54, 1.807) is 0 Å². The van der Waals surface area contributed by atoms with Crippen LogP contribution in [0.2, 0.25) is 0 Å². The van der Waals surface area contributed by atoms with Crippen molar-refractivity contribution in [1.82, 2.24) is 16.0 Å². The van der Waals surface area contributed by atoms with E-state index < -0.39 is 0 Å². The van der Waals surface area contributed by atoms with Crippen molar-refractivity contribution < 1.29 is 9.53 Å². The standard InChI is InChI=1S/C28H34N4O2S/c1-18-6-7-22(32-24-14-29-15-24)13-26(18)28(33)31-19(2)20-4-3-5-21(12-20)27-9-8-25(35-27)16-30-23-10-11-34-17-23/h3-9,12-13,19,23-24,29-30,32H,10-11,14-17H2,1-2H3,(H,31,33)/t19-,23+/m1/s1. The molecule has 1 amide bonds. The number of nitrogens with one attached hydrogen (secondary N) is 4. The number of hydrogen-bond donors (Lipinski definition) is 4. The van der Waals surface area contributed by atoms with Crippen molar-refractivity contribution in [2.24, 2.45) is 0 Å². The van der Waals surface area contributed by atoms with Gasteiger partial charge in [0.15, 0.2) is 0 Å². The average Bonchev–Trinajstić information content (AvgIpc) is 3.53. The van der Waals surface area contributed by atoms with Crippen LogP contribution in [0.5, 0.6) is 0 Å². The molecule has 5 rings (SSSR count). The third kappa shape index (κ3) is 5.93. The van der Waals surface area contributed by atoms with E-state index >= 15 is 0 Å². The summed E-state index contributed by atoms with van der Waals surface area (Å²) in [5.74, 6) is -0.0452. The van der Waals surface area contributed by atoms with Crippen molar-refractivity contribution in [2.45, 2.75) is 44.9 Å². The SMILES string of the molecule is Cc1ccc(NC2CNC2)cc1C(=O)N[C@H](C)c1cccc(-c2ccc(CN[C@H]3CCOC3)s2)c1. The van der Waals surface area contributed by atoms with Gasteiger partial charge in [-0.1, -0.05) is 24.3 Å². The second kappa shape index (κ2) is 10.9. The minimum atomic E-state index is -0.0993. The van der Waals surface area contributed by atoms with Crippen LogP contribution >= 0.6 is 11.3 Å². The molecule has 2 aliphatic heterocycles. The number of anilines is 1. The minimum absolute atomic E-state index is 0.0452. The first-order valence-electron chi connectivity index (χ1n) is 12.4. The summed E-state index contributed by atoms with van der Waals surface area (Å²) in [5, 5.41) is 13.5. The summed E-state index contributed by atoms with van der Waals surface area (Å²) >= 11 is 1.81. The molecule has 2 atom stereocenters. The van der Waals surface area contributed by atoms with Gasteiger partial charge in [-0.05, 0) is 67.3 Å². The Kier molecular flexibility index (Phi) is 7.48. The first-order valence-corrected chi connectivity index (χ1v) is 13.3. The van der Waals surface area contributed by atoms with E-state index in [0.717, 1.165) is 56.1 Å². The largest absolute Gasteiger partial charge is 0.380 e. The first kappa shape index (κ1) is 24.0. The number of thiophene rings is 1. The van der Waals surface area contributed by atoms with Gasteiger partial charge in [-0.15, -0.1) is 11.3 Å². The number of amides is 1. The van der Waals surface area contributed by atoms with E-state index in [2.05, 4.69) is 57.7 Å². The summed E-state index contributed by atoms with van der Waals surface area (Å²) in [6.07, 6.45) is 1.09. The smallest absolute Gasteiger partial charge is 0.252 e. The lowest BCUT2D eigenvalue weighted by Gasteiger charge is -2.29. The maximum absolute atomic E-state index is 13.1. The van der Waals surface area contributed by atoms with Crippen LogP contribution in [0.25, 0.3) is 10.4 Å². The van der Waals surface area contributed by atoms with Gasteiger partial charge in [-0.25, -0.2) is 0 Å². The van der Waals surface area contributed by atoms with Gasteiger partial charge >= 0.3 is 0 Å². The molecule has 0 spiro atoms. The van der Waals surface area contributed by atoms with E-state index in [0.29, 0.717) is 17.6 Å². The summed E-state index contributed by atoms with van der Waals surface area (Å²) in [7, 11) is 0. The molecule has 0 unspecified atom stereocenters. The fourth-order valence-corrected chi connectivity index (χ4v) is 5.43. The molecule has 3 aromatic rings. The van der Waals surface area contributed by atoms with Crippen molar-refractivity contribution in [2.75, 3.05) is 31.6 Å². The molecule has 6 nitrogen and oxygen atoms in total. The zero-order valence-corrected chi connectivity index (χ0v) is 21.2. The van der Waals surface area contributed by atoms with Gasteiger partial charge < -0.3 is 26.0 Å². The van der Waals surface area contributed by atoms with Gasteiger partial charge in [0.05, 0.1) is 18.7 Å². The zero-order valence-electron chi connectivity index (χ0n) is 20.4. The lowest BCUT2D eigenvalue weighted by molar-refractivity contribution is 0.0939. The van der Waals surface area contributed by atoms with Gasteiger partial charge in [0.2, 0.25) is 0 Å². The first-order chi connectivity index (χ1) is 17.0. The van der Waals surface area contributed by atoms with E-state index in [-0.39, 0.29) is 11.9 Å². The summed E-state index contributed by atoms with van der Waals surface area (Å²) in [4.78, 5) is 15.7. The normalized spacial score (nSPS) is 18.7. The Morgan fingerprint density at radius 1 is 1.14 bits per heavy atom. The second-order valence-electron chi connectivity index (χ2n) is 9.56. The van der Waals surface area contributed by atoms with Gasteiger partial charge in [0.25, 0.3) is 5.91 Å². The highest BCUT2D eigenvalue weighted by molar-refractivity contribution is 7.15. The Morgan fingerprint density at radius 2 is 2.03 bits per heavy atom. The predicted octanol–water partition coefficient (Wildman–Crippen LogP) is 4.48. The van der Waals surface area contributed by atoms with Crippen molar-refractivity contribution in [3.05, 3.63) is 76.2 Å². The predicted molar refractivity (Wildman–Crippen MR) is 143 cm³/mol. The van der Waals surface area contributed by atoms with Crippen LogP contribution in [0, 0.1) is 6.92 Å². The highest BCUT2D eigenvalue weighted by Crippen LogP contribution is 2.30. The molecule has 0 saturated carbocycles. The Morgan fingerprint density at radius 3 is 2.80 bits per heavy atom. The zero-order chi connectivity index (χ0) is 24.2. The topological polar surface area (TPSA) is 74.4 Å². The van der Waals surface area contributed by atoms with Crippen molar-refractivity contribution in [3.8, 4) is 10.4 Å². The van der Waals surface area contributed by atoms with Crippen LogP contribution in [-0.2, 0) is 11.3 Å². The molecule has 2 aliphatic rings. The summed E-state index contributed by atoms with van der Waals surface area (Å²) < 4.78 is 5.45. The van der Waals surface area contributed by atoms with Crippen LogP contribution in [0.15, 0.2) is 54.6 Å². The van der Waals surface area contributed by atoms with E-state index in [1.807, 2.05) is 43.4 Å². The maximum atomic E-state index is 13.1. The third-order valence-corrected chi connectivity index (χ3v) is 7.94. The van der Waals surface area contributed by atoms with Crippen molar-refractivity contribution in [3.63, 3.8) is 0 Å². The van der Waals surface area contributed by atoms with E-state index in [4.69, 9.17) is 4.74 Å². The third-order valence-electron chi connectivity index (χ3n) is 6.81. The molecule has 0 aliphatic carbocycles. The summed E-state index contributed by atoms with van der Waals surface area (Å²) in [6.45, 7) is 8.48. The molecule has 4 N–H and O–H groups in total. The number of carbonyl (C=O) groups excluding carboxylic acids is 1. The van der Waals surface area contributed by atoms with Crippen molar-refractivity contribution in [1.29, 1.82) is 0 Å². The number of rotatable bonds is 9. The Balaban J connectivity index is 1.23. The van der Waals surface area contributed by atoms with Crippen LogP contribution in [0.3, 0.4) is 0 Å². The van der Waals surface area contributed by atoms with Gasteiger partial charge in [0, 0.05) is 53.3 Å². The maximum Gasteiger partial charge on any atom is 0.252 e. The van der Waals surface area contributed by atoms with Crippen LogP contribution < -0.4 is 21.3 Å². The van der Waals surface area contributed by atoms with Crippen LogP contribution in [0.1, 0.15) is 45.7 Å². The molecule has 0 radical (unpaired) electrons. The van der Waals surface area contributed by atoms with Gasteiger partial charge in [-0.2, -0.15) is 0 Å². The molecule has 0 bridgehead atoms. The van der Waals surface area contributed by atoms with Crippen molar-refractivity contribution >= 4 is 22.9 Å². The number of benzene rings is 2. The molecule has 7 heteroatoms. The van der Waals surface area contributed by atoms with Gasteiger partial charge in [-0.3, -0.25) is 4.79 Å². The van der Waals surface area contributed by atoms with Gasteiger partial charge in [0.1, 0.15) is 0 Å². The number of hydrogen-bond acceptors (Lipinski definition) is 6. The monoisotopic (exact) mass is 490 g/mol. The molecular weight excluding hydrogens is 456 g/mol. The van der Waals surface area contributed by atoms with E-state index in [1.165, 1.54) is 15.3 Å². The molecule has 2 fully saturated rings. The molecule has 2 aromatic carbocycles. The highest BCUT2D eigenvalue weighted by atomic mass is 32.1. The highest BCUT2D eigenvalue weighted by Gasteiger charge is 2.19. The second-order valence-corrected chi connectivity index (χ2v) is 10.7.